The van der Waals surface area contributed by atoms with Gasteiger partial charge in [0.1, 0.15) is 0 Å². The molecule has 0 radical (unpaired) electrons. The number of amides is 1. The zero-order valence-corrected chi connectivity index (χ0v) is 10.7. The molecule has 0 aromatic carbocycles. The van der Waals surface area contributed by atoms with Gasteiger partial charge in [-0.15, -0.1) is 0 Å². The maximum absolute atomic E-state index is 12.2. The average molecular weight is 224 g/mol. The molecule has 1 fully saturated rings. The predicted molar refractivity (Wildman–Crippen MR) is 67.0 cm³/mol. The number of likely N-dealkylation sites (tertiary alicyclic amines) is 1. The van der Waals surface area contributed by atoms with Gasteiger partial charge in [-0.25, -0.2) is 0 Å². The molecular formula is C13H24N2O. The van der Waals surface area contributed by atoms with Crippen LogP contribution in [0.1, 0.15) is 40.0 Å². The summed E-state index contributed by atoms with van der Waals surface area (Å²) in [5.74, 6) is 0.354. The molecule has 1 saturated heterocycles. The van der Waals surface area contributed by atoms with E-state index in [2.05, 4.69) is 19.9 Å². The Morgan fingerprint density at radius 1 is 1.56 bits per heavy atom. The van der Waals surface area contributed by atoms with Gasteiger partial charge in [0.15, 0.2) is 0 Å². The minimum absolute atomic E-state index is 0.0852. The van der Waals surface area contributed by atoms with Crippen LogP contribution in [0.25, 0.3) is 0 Å². The first-order valence-corrected chi connectivity index (χ1v) is 6.20. The second kappa shape index (κ2) is 6.04. The van der Waals surface area contributed by atoms with Crippen LogP contribution in [-0.2, 0) is 4.79 Å². The van der Waals surface area contributed by atoms with E-state index in [-0.39, 0.29) is 17.9 Å². The Morgan fingerprint density at radius 3 is 2.81 bits per heavy atom. The van der Waals surface area contributed by atoms with Crippen LogP contribution < -0.4 is 5.73 Å². The number of allylic oxidation sites excluding steroid dienone is 2. The summed E-state index contributed by atoms with van der Waals surface area (Å²) < 4.78 is 0. The topological polar surface area (TPSA) is 46.3 Å². The highest BCUT2D eigenvalue weighted by Crippen LogP contribution is 2.20. The maximum atomic E-state index is 12.2. The summed E-state index contributed by atoms with van der Waals surface area (Å²) in [6.45, 7) is 7.63. The third-order valence-electron chi connectivity index (χ3n) is 3.23. The predicted octanol–water partition coefficient (Wildman–Crippen LogP) is 1.93. The van der Waals surface area contributed by atoms with Crippen molar-refractivity contribution in [2.75, 3.05) is 13.1 Å². The molecule has 92 valence electrons. The van der Waals surface area contributed by atoms with Crippen molar-refractivity contribution in [2.45, 2.75) is 46.1 Å². The Labute approximate surface area is 98.7 Å². The minimum atomic E-state index is 0.0852. The van der Waals surface area contributed by atoms with Crippen LogP contribution in [0, 0.1) is 5.92 Å². The van der Waals surface area contributed by atoms with Crippen molar-refractivity contribution in [2.24, 2.45) is 11.7 Å². The largest absolute Gasteiger partial charge is 0.338 e. The van der Waals surface area contributed by atoms with Gasteiger partial charge in [0.05, 0.1) is 0 Å². The van der Waals surface area contributed by atoms with Gasteiger partial charge in [0.25, 0.3) is 0 Å². The first-order chi connectivity index (χ1) is 7.56. The van der Waals surface area contributed by atoms with Gasteiger partial charge >= 0.3 is 0 Å². The summed E-state index contributed by atoms with van der Waals surface area (Å²) >= 11 is 0. The molecule has 0 bridgehead atoms. The van der Waals surface area contributed by atoms with Crippen LogP contribution in [-0.4, -0.2) is 29.9 Å². The normalized spacial score (nSPS) is 22.0. The van der Waals surface area contributed by atoms with Crippen LogP contribution in [0.15, 0.2) is 11.6 Å². The van der Waals surface area contributed by atoms with E-state index in [4.69, 9.17) is 5.73 Å². The summed E-state index contributed by atoms with van der Waals surface area (Å²) in [6, 6.07) is 0.279. The molecule has 16 heavy (non-hydrogen) atoms. The Kier molecular flexibility index (Phi) is 5.00. The summed E-state index contributed by atoms with van der Waals surface area (Å²) in [7, 11) is 0. The van der Waals surface area contributed by atoms with Gasteiger partial charge in [0.2, 0.25) is 5.91 Å². The van der Waals surface area contributed by atoms with Crippen LogP contribution in [0.5, 0.6) is 0 Å². The molecule has 2 N–H and O–H groups in total. The lowest BCUT2D eigenvalue weighted by Gasteiger charge is -2.26. The van der Waals surface area contributed by atoms with Crippen LogP contribution in [0.4, 0.5) is 0 Å². The van der Waals surface area contributed by atoms with E-state index in [1.165, 1.54) is 5.57 Å². The van der Waals surface area contributed by atoms with Gasteiger partial charge in [-0.1, -0.05) is 18.6 Å². The zero-order valence-electron chi connectivity index (χ0n) is 10.7. The molecule has 0 spiro atoms. The highest BCUT2D eigenvalue weighted by atomic mass is 16.2. The standard InChI is InChI=1S/C13H24N2O/c1-10(2)6-7-11(3)13(16)15-8-4-5-12(15)9-14/h6,11-12H,4-5,7-9,14H2,1-3H3. The number of rotatable bonds is 4. The van der Waals surface area contributed by atoms with E-state index in [9.17, 15) is 4.79 Å². The minimum Gasteiger partial charge on any atom is -0.338 e. The third-order valence-corrected chi connectivity index (χ3v) is 3.23. The van der Waals surface area contributed by atoms with E-state index < -0.39 is 0 Å². The highest BCUT2D eigenvalue weighted by Gasteiger charge is 2.29. The molecule has 1 aliphatic heterocycles. The van der Waals surface area contributed by atoms with Crippen molar-refractivity contribution < 1.29 is 4.79 Å². The number of hydrogen-bond acceptors (Lipinski definition) is 2. The van der Waals surface area contributed by atoms with Crippen molar-refractivity contribution in [1.29, 1.82) is 0 Å². The van der Waals surface area contributed by atoms with Crippen molar-refractivity contribution in [3.8, 4) is 0 Å². The van der Waals surface area contributed by atoms with Crippen molar-refractivity contribution in [3.63, 3.8) is 0 Å². The fourth-order valence-corrected chi connectivity index (χ4v) is 2.17. The number of nitrogens with zero attached hydrogens (tertiary/aromatic N) is 1. The number of carbonyl (C=O) groups is 1. The maximum Gasteiger partial charge on any atom is 0.226 e. The summed E-state index contributed by atoms with van der Waals surface area (Å²) in [5.41, 5.74) is 6.95. The zero-order chi connectivity index (χ0) is 12.1. The van der Waals surface area contributed by atoms with E-state index >= 15 is 0 Å². The summed E-state index contributed by atoms with van der Waals surface area (Å²) in [6.07, 6.45) is 5.14. The quantitative estimate of drug-likeness (QED) is 0.742. The lowest BCUT2D eigenvalue weighted by molar-refractivity contribution is -0.135. The summed E-state index contributed by atoms with van der Waals surface area (Å²) in [4.78, 5) is 14.1. The average Bonchev–Trinajstić information content (AvgIpc) is 2.72. The van der Waals surface area contributed by atoms with E-state index in [0.29, 0.717) is 6.54 Å². The Morgan fingerprint density at radius 2 is 2.25 bits per heavy atom. The smallest absolute Gasteiger partial charge is 0.226 e. The fourth-order valence-electron chi connectivity index (χ4n) is 2.17. The van der Waals surface area contributed by atoms with E-state index in [1.807, 2.05) is 11.8 Å². The molecule has 1 aliphatic rings. The van der Waals surface area contributed by atoms with Crippen LogP contribution in [0.2, 0.25) is 0 Å². The van der Waals surface area contributed by atoms with Crippen LogP contribution >= 0.6 is 0 Å². The van der Waals surface area contributed by atoms with Gasteiger partial charge < -0.3 is 10.6 Å². The van der Waals surface area contributed by atoms with E-state index in [1.54, 1.807) is 0 Å². The first-order valence-electron chi connectivity index (χ1n) is 6.20. The third kappa shape index (κ3) is 3.34. The molecule has 1 heterocycles. The number of hydrogen-bond donors (Lipinski definition) is 1. The van der Waals surface area contributed by atoms with Gasteiger partial charge in [-0.2, -0.15) is 0 Å². The second-order valence-electron chi connectivity index (χ2n) is 4.98. The van der Waals surface area contributed by atoms with E-state index in [0.717, 1.165) is 25.8 Å². The molecule has 0 aromatic heterocycles. The molecule has 2 unspecified atom stereocenters. The molecule has 0 aromatic rings. The Balaban J connectivity index is 2.52. The Hall–Kier alpha value is -0.830. The van der Waals surface area contributed by atoms with Gasteiger partial charge in [0, 0.05) is 25.0 Å². The fraction of sp³-hybridized carbons (Fsp3) is 0.769. The van der Waals surface area contributed by atoms with Crippen molar-refractivity contribution in [1.82, 2.24) is 4.90 Å². The molecule has 2 atom stereocenters. The molecule has 1 rings (SSSR count). The summed E-state index contributed by atoms with van der Waals surface area (Å²) in [5, 5.41) is 0. The second-order valence-corrected chi connectivity index (χ2v) is 4.98. The van der Waals surface area contributed by atoms with Crippen molar-refractivity contribution in [3.05, 3.63) is 11.6 Å². The molecule has 0 saturated carbocycles. The molecule has 0 aliphatic carbocycles. The van der Waals surface area contributed by atoms with Crippen molar-refractivity contribution >= 4 is 5.91 Å². The lowest BCUT2D eigenvalue weighted by atomic mass is 10.0. The number of nitrogens with two attached hydrogens (primary N) is 1. The Bertz CT molecular complexity index is 269. The lowest BCUT2D eigenvalue weighted by Crippen LogP contribution is -2.42. The molecule has 3 heteroatoms. The molecule has 1 amide bonds. The molecule has 3 nitrogen and oxygen atoms in total. The molecular weight excluding hydrogens is 200 g/mol. The highest BCUT2D eigenvalue weighted by molar-refractivity contribution is 5.79. The SMILES string of the molecule is CC(C)=CCC(C)C(=O)N1CCCC1CN. The van der Waals surface area contributed by atoms with Gasteiger partial charge in [-0.05, 0) is 33.1 Å². The number of carbonyl (C=O) groups excluding carboxylic acids is 1. The monoisotopic (exact) mass is 224 g/mol. The van der Waals surface area contributed by atoms with Crippen LogP contribution in [0.3, 0.4) is 0 Å². The van der Waals surface area contributed by atoms with Gasteiger partial charge in [-0.3, -0.25) is 4.79 Å². The first kappa shape index (κ1) is 13.2.